The lowest BCUT2D eigenvalue weighted by Crippen LogP contribution is -2.50. The molecule has 1 heterocycles. The number of carbonyl (C=O) groups excluding carboxylic acids is 2. The van der Waals surface area contributed by atoms with Crippen LogP contribution in [-0.2, 0) is 9.59 Å². The summed E-state index contributed by atoms with van der Waals surface area (Å²) in [7, 11) is 0. The molecule has 0 bridgehead atoms. The Morgan fingerprint density at radius 2 is 1.71 bits per heavy atom. The van der Waals surface area contributed by atoms with Gasteiger partial charge in [-0.3, -0.25) is 14.5 Å². The number of carbonyl (C=O) groups is 2. The third-order valence-corrected chi connectivity index (χ3v) is 3.10. The molecule has 1 aliphatic rings. The summed E-state index contributed by atoms with van der Waals surface area (Å²) >= 11 is 0. The standard InChI is InChI=1S/C12H23N3O2/c1-3-11(16)13-5-6-14-7-9-15(10-8-14)12(17)4-2/h3-10H2,1-2H3,(H,13,16). The van der Waals surface area contributed by atoms with E-state index in [0.717, 1.165) is 32.7 Å². The minimum atomic E-state index is 0.102. The van der Waals surface area contributed by atoms with Crippen LogP contribution in [0.3, 0.4) is 0 Å². The average Bonchev–Trinajstić information content (AvgIpc) is 2.38. The van der Waals surface area contributed by atoms with Gasteiger partial charge in [-0.1, -0.05) is 13.8 Å². The number of hydrogen-bond acceptors (Lipinski definition) is 3. The topological polar surface area (TPSA) is 52.7 Å². The van der Waals surface area contributed by atoms with Gasteiger partial charge in [-0.2, -0.15) is 0 Å². The molecule has 0 radical (unpaired) electrons. The third-order valence-electron chi connectivity index (χ3n) is 3.10. The molecule has 0 unspecified atom stereocenters. The van der Waals surface area contributed by atoms with Gasteiger partial charge in [-0.15, -0.1) is 0 Å². The summed E-state index contributed by atoms with van der Waals surface area (Å²) in [6.45, 7) is 8.78. The van der Waals surface area contributed by atoms with Gasteiger partial charge in [0, 0.05) is 52.1 Å². The lowest BCUT2D eigenvalue weighted by Gasteiger charge is -2.34. The molecular weight excluding hydrogens is 218 g/mol. The molecule has 1 N–H and O–H groups in total. The number of amides is 2. The summed E-state index contributed by atoms with van der Waals surface area (Å²) in [5.74, 6) is 0.341. The van der Waals surface area contributed by atoms with Crippen molar-refractivity contribution in [1.29, 1.82) is 0 Å². The first-order valence-corrected chi connectivity index (χ1v) is 6.44. The largest absolute Gasteiger partial charge is 0.355 e. The van der Waals surface area contributed by atoms with Crippen molar-refractivity contribution in [3.8, 4) is 0 Å². The quantitative estimate of drug-likeness (QED) is 0.741. The number of nitrogens with zero attached hydrogens (tertiary/aromatic N) is 2. The summed E-state index contributed by atoms with van der Waals surface area (Å²) in [6, 6.07) is 0. The maximum atomic E-state index is 11.5. The van der Waals surface area contributed by atoms with Gasteiger partial charge < -0.3 is 10.2 Å². The smallest absolute Gasteiger partial charge is 0.222 e. The minimum Gasteiger partial charge on any atom is -0.355 e. The van der Waals surface area contributed by atoms with Crippen molar-refractivity contribution in [2.24, 2.45) is 0 Å². The highest BCUT2D eigenvalue weighted by atomic mass is 16.2. The fraction of sp³-hybridized carbons (Fsp3) is 0.833. The molecule has 0 spiro atoms. The van der Waals surface area contributed by atoms with Crippen LogP contribution in [0.1, 0.15) is 26.7 Å². The number of piperazine rings is 1. The molecule has 0 aliphatic carbocycles. The van der Waals surface area contributed by atoms with Crippen LogP contribution in [0, 0.1) is 0 Å². The molecule has 5 heteroatoms. The van der Waals surface area contributed by atoms with Gasteiger partial charge in [0.05, 0.1) is 0 Å². The predicted octanol–water partition coefficient (Wildman–Crippen LogP) is 0.0668. The molecule has 2 amide bonds. The van der Waals surface area contributed by atoms with Crippen molar-refractivity contribution in [3.05, 3.63) is 0 Å². The van der Waals surface area contributed by atoms with Crippen LogP contribution in [0.25, 0.3) is 0 Å². The first kappa shape index (κ1) is 14.0. The molecule has 1 saturated heterocycles. The van der Waals surface area contributed by atoms with Gasteiger partial charge in [0.15, 0.2) is 0 Å². The van der Waals surface area contributed by atoms with Crippen LogP contribution in [0.15, 0.2) is 0 Å². The Balaban J connectivity index is 2.15. The Bertz CT molecular complexity index is 258. The van der Waals surface area contributed by atoms with Gasteiger partial charge in [-0.25, -0.2) is 0 Å². The van der Waals surface area contributed by atoms with Gasteiger partial charge in [0.25, 0.3) is 0 Å². The van der Waals surface area contributed by atoms with E-state index in [-0.39, 0.29) is 11.8 Å². The number of nitrogens with one attached hydrogen (secondary N) is 1. The van der Waals surface area contributed by atoms with E-state index < -0.39 is 0 Å². The normalized spacial score (nSPS) is 16.9. The van der Waals surface area contributed by atoms with E-state index >= 15 is 0 Å². The van der Waals surface area contributed by atoms with Crippen LogP contribution in [0.2, 0.25) is 0 Å². The zero-order valence-corrected chi connectivity index (χ0v) is 10.9. The molecule has 1 fully saturated rings. The van der Waals surface area contributed by atoms with Gasteiger partial charge in [-0.05, 0) is 0 Å². The molecule has 0 atom stereocenters. The maximum Gasteiger partial charge on any atom is 0.222 e. The molecule has 0 saturated carbocycles. The Hall–Kier alpha value is -1.10. The van der Waals surface area contributed by atoms with Crippen molar-refractivity contribution in [1.82, 2.24) is 15.1 Å². The van der Waals surface area contributed by atoms with Crippen LogP contribution in [-0.4, -0.2) is 60.9 Å². The van der Waals surface area contributed by atoms with E-state index in [1.165, 1.54) is 0 Å². The lowest BCUT2D eigenvalue weighted by atomic mass is 10.3. The molecule has 1 aliphatic heterocycles. The maximum absolute atomic E-state index is 11.5. The second kappa shape index (κ2) is 7.27. The molecule has 98 valence electrons. The van der Waals surface area contributed by atoms with Gasteiger partial charge in [0.2, 0.25) is 11.8 Å². The van der Waals surface area contributed by atoms with E-state index in [1.54, 1.807) is 0 Å². The first-order valence-electron chi connectivity index (χ1n) is 6.44. The summed E-state index contributed by atoms with van der Waals surface area (Å²) in [6.07, 6.45) is 1.13. The van der Waals surface area contributed by atoms with Crippen molar-refractivity contribution in [3.63, 3.8) is 0 Å². The minimum absolute atomic E-state index is 0.102. The van der Waals surface area contributed by atoms with Crippen molar-refractivity contribution in [2.45, 2.75) is 26.7 Å². The van der Waals surface area contributed by atoms with Gasteiger partial charge in [0.1, 0.15) is 0 Å². The average molecular weight is 241 g/mol. The highest BCUT2D eigenvalue weighted by Crippen LogP contribution is 2.02. The van der Waals surface area contributed by atoms with Crippen LogP contribution in [0.5, 0.6) is 0 Å². The van der Waals surface area contributed by atoms with Crippen LogP contribution in [0.4, 0.5) is 0 Å². The van der Waals surface area contributed by atoms with E-state index in [0.29, 0.717) is 19.4 Å². The summed E-state index contributed by atoms with van der Waals surface area (Å²) in [5, 5.41) is 2.86. The summed E-state index contributed by atoms with van der Waals surface area (Å²) in [4.78, 5) is 26.7. The van der Waals surface area contributed by atoms with Gasteiger partial charge >= 0.3 is 0 Å². The Morgan fingerprint density at radius 3 is 2.24 bits per heavy atom. The fourth-order valence-corrected chi connectivity index (χ4v) is 1.92. The molecule has 0 aromatic rings. The molecule has 17 heavy (non-hydrogen) atoms. The second-order valence-corrected chi connectivity index (χ2v) is 4.28. The Kier molecular flexibility index (Phi) is 5.97. The zero-order chi connectivity index (χ0) is 12.7. The SMILES string of the molecule is CCC(=O)NCCN1CCN(C(=O)CC)CC1. The molecular formula is C12H23N3O2. The number of hydrogen-bond donors (Lipinski definition) is 1. The van der Waals surface area contributed by atoms with Crippen molar-refractivity contribution >= 4 is 11.8 Å². The summed E-state index contributed by atoms with van der Waals surface area (Å²) < 4.78 is 0. The van der Waals surface area contributed by atoms with E-state index in [4.69, 9.17) is 0 Å². The Morgan fingerprint density at radius 1 is 1.06 bits per heavy atom. The van der Waals surface area contributed by atoms with E-state index in [2.05, 4.69) is 10.2 Å². The van der Waals surface area contributed by atoms with Crippen LogP contribution < -0.4 is 5.32 Å². The molecule has 1 rings (SSSR count). The highest BCUT2D eigenvalue weighted by molar-refractivity contribution is 5.76. The van der Waals surface area contributed by atoms with E-state index in [1.807, 2.05) is 18.7 Å². The third kappa shape index (κ3) is 4.73. The second-order valence-electron chi connectivity index (χ2n) is 4.28. The molecule has 0 aromatic carbocycles. The van der Waals surface area contributed by atoms with Crippen molar-refractivity contribution in [2.75, 3.05) is 39.3 Å². The fourth-order valence-electron chi connectivity index (χ4n) is 1.92. The number of rotatable bonds is 5. The van der Waals surface area contributed by atoms with Crippen LogP contribution >= 0.6 is 0 Å². The van der Waals surface area contributed by atoms with E-state index in [9.17, 15) is 9.59 Å². The molecule has 5 nitrogen and oxygen atoms in total. The molecule has 0 aromatic heterocycles. The summed E-state index contributed by atoms with van der Waals surface area (Å²) in [5.41, 5.74) is 0. The van der Waals surface area contributed by atoms with Crippen molar-refractivity contribution < 1.29 is 9.59 Å². The first-order chi connectivity index (χ1) is 8.17. The Labute approximate surface area is 103 Å². The zero-order valence-electron chi connectivity index (χ0n) is 10.9. The lowest BCUT2D eigenvalue weighted by molar-refractivity contribution is -0.132. The highest BCUT2D eigenvalue weighted by Gasteiger charge is 2.19. The monoisotopic (exact) mass is 241 g/mol. The predicted molar refractivity (Wildman–Crippen MR) is 66.6 cm³/mol.